The Morgan fingerprint density at radius 2 is 2.05 bits per heavy atom. The lowest BCUT2D eigenvalue weighted by atomic mass is 10.0. The lowest BCUT2D eigenvalue weighted by Gasteiger charge is -2.08. The quantitative estimate of drug-likeness (QED) is 0.728. The standard InChI is InChI=1S/C17H12N4/c1-3-11-6-5-7-13(8-11)14-9-12(4-2)15-16(21-14)17(18)20-10-19-15/h1,4-10H,2H2,(H2,18,19,20). The second kappa shape index (κ2) is 5.06. The number of nitrogens with zero attached hydrogens (tertiary/aromatic N) is 3. The Morgan fingerprint density at radius 1 is 1.19 bits per heavy atom. The molecule has 4 heteroatoms. The van der Waals surface area contributed by atoms with Crippen molar-refractivity contribution in [2.24, 2.45) is 0 Å². The third kappa shape index (κ3) is 2.21. The zero-order chi connectivity index (χ0) is 14.8. The van der Waals surface area contributed by atoms with Crippen molar-refractivity contribution in [2.45, 2.75) is 0 Å². The Kier molecular flexibility index (Phi) is 3.09. The third-order valence-electron chi connectivity index (χ3n) is 3.19. The summed E-state index contributed by atoms with van der Waals surface area (Å²) >= 11 is 0. The van der Waals surface area contributed by atoms with Gasteiger partial charge in [0.1, 0.15) is 17.4 Å². The summed E-state index contributed by atoms with van der Waals surface area (Å²) < 4.78 is 0. The molecule has 0 aliphatic rings. The average molecular weight is 272 g/mol. The second-order valence-electron chi connectivity index (χ2n) is 4.48. The van der Waals surface area contributed by atoms with Gasteiger partial charge in [-0.2, -0.15) is 0 Å². The molecule has 0 aliphatic heterocycles. The summed E-state index contributed by atoms with van der Waals surface area (Å²) in [4.78, 5) is 12.8. The molecular weight excluding hydrogens is 260 g/mol. The van der Waals surface area contributed by atoms with E-state index in [1.54, 1.807) is 6.08 Å². The van der Waals surface area contributed by atoms with Gasteiger partial charge in [0.2, 0.25) is 0 Å². The number of nitrogen functional groups attached to an aromatic ring is 1. The maximum absolute atomic E-state index is 5.90. The molecule has 0 radical (unpaired) electrons. The Bertz CT molecular complexity index is 891. The molecule has 0 fully saturated rings. The summed E-state index contributed by atoms with van der Waals surface area (Å²) in [6, 6.07) is 9.53. The van der Waals surface area contributed by atoms with Gasteiger partial charge in [-0.15, -0.1) is 6.42 Å². The first-order valence-corrected chi connectivity index (χ1v) is 6.33. The van der Waals surface area contributed by atoms with Crippen molar-refractivity contribution in [1.82, 2.24) is 15.0 Å². The zero-order valence-corrected chi connectivity index (χ0v) is 11.2. The maximum Gasteiger partial charge on any atom is 0.153 e. The molecule has 3 aromatic rings. The minimum Gasteiger partial charge on any atom is -0.382 e. The van der Waals surface area contributed by atoms with Crippen LogP contribution < -0.4 is 5.73 Å². The Balaban J connectivity index is 2.31. The monoisotopic (exact) mass is 272 g/mol. The van der Waals surface area contributed by atoms with Gasteiger partial charge < -0.3 is 5.73 Å². The smallest absolute Gasteiger partial charge is 0.153 e. The zero-order valence-electron chi connectivity index (χ0n) is 11.2. The molecule has 100 valence electrons. The number of aromatic nitrogens is 3. The van der Waals surface area contributed by atoms with Gasteiger partial charge >= 0.3 is 0 Å². The van der Waals surface area contributed by atoms with E-state index in [-0.39, 0.29) is 0 Å². The van der Waals surface area contributed by atoms with Crippen LogP contribution in [0.25, 0.3) is 28.4 Å². The van der Waals surface area contributed by atoms with E-state index < -0.39 is 0 Å². The van der Waals surface area contributed by atoms with Crippen molar-refractivity contribution in [3.8, 4) is 23.6 Å². The SMILES string of the molecule is C#Cc1cccc(-c2cc(C=C)c3ncnc(N)c3n2)c1. The van der Waals surface area contributed by atoms with Gasteiger partial charge in [0.25, 0.3) is 0 Å². The predicted molar refractivity (Wildman–Crippen MR) is 85.2 cm³/mol. The summed E-state index contributed by atoms with van der Waals surface area (Å²) in [6.07, 6.45) is 8.59. The van der Waals surface area contributed by atoms with Gasteiger partial charge in [0.05, 0.1) is 5.69 Å². The van der Waals surface area contributed by atoms with Gasteiger partial charge in [-0.25, -0.2) is 15.0 Å². The topological polar surface area (TPSA) is 64.7 Å². The first-order chi connectivity index (χ1) is 10.2. The molecular formula is C17H12N4. The molecule has 2 N–H and O–H groups in total. The van der Waals surface area contributed by atoms with Crippen LogP contribution in [0.15, 0.2) is 43.2 Å². The highest BCUT2D eigenvalue weighted by atomic mass is 14.9. The van der Waals surface area contributed by atoms with Crippen molar-refractivity contribution in [3.05, 3.63) is 54.4 Å². The number of fused-ring (bicyclic) bond motifs is 1. The van der Waals surface area contributed by atoms with Crippen LogP contribution in [-0.2, 0) is 0 Å². The highest BCUT2D eigenvalue weighted by Gasteiger charge is 2.10. The van der Waals surface area contributed by atoms with Crippen LogP contribution in [0.2, 0.25) is 0 Å². The van der Waals surface area contributed by atoms with E-state index in [1.165, 1.54) is 6.33 Å². The van der Waals surface area contributed by atoms with E-state index in [4.69, 9.17) is 12.2 Å². The molecule has 21 heavy (non-hydrogen) atoms. The minimum atomic E-state index is 0.345. The summed E-state index contributed by atoms with van der Waals surface area (Å²) in [5.41, 5.74) is 10.5. The number of anilines is 1. The summed E-state index contributed by atoms with van der Waals surface area (Å²) in [5.74, 6) is 2.96. The fraction of sp³-hybridized carbons (Fsp3) is 0. The fourth-order valence-electron chi connectivity index (χ4n) is 2.15. The molecule has 0 atom stereocenters. The van der Waals surface area contributed by atoms with Crippen LogP contribution in [0.4, 0.5) is 5.82 Å². The highest BCUT2D eigenvalue weighted by Crippen LogP contribution is 2.26. The molecule has 1 aromatic carbocycles. The molecule has 0 saturated carbocycles. The number of benzene rings is 1. The number of hydrogen-bond acceptors (Lipinski definition) is 4. The highest BCUT2D eigenvalue weighted by molar-refractivity contribution is 5.92. The van der Waals surface area contributed by atoms with Gasteiger partial charge in [-0.05, 0) is 18.2 Å². The minimum absolute atomic E-state index is 0.345. The second-order valence-corrected chi connectivity index (χ2v) is 4.48. The third-order valence-corrected chi connectivity index (χ3v) is 3.19. The molecule has 4 nitrogen and oxygen atoms in total. The molecule has 2 aromatic heterocycles. The van der Waals surface area contributed by atoms with Gasteiger partial charge in [0, 0.05) is 16.7 Å². The number of pyridine rings is 1. The van der Waals surface area contributed by atoms with E-state index in [9.17, 15) is 0 Å². The molecule has 0 unspecified atom stereocenters. The number of nitrogens with two attached hydrogens (primary N) is 1. The average Bonchev–Trinajstić information content (AvgIpc) is 2.54. The van der Waals surface area contributed by atoms with E-state index in [0.29, 0.717) is 16.9 Å². The van der Waals surface area contributed by atoms with E-state index >= 15 is 0 Å². The van der Waals surface area contributed by atoms with E-state index in [0.717, 1.165) is 22.4 Å². The van der Waals surface area contributed by atoms with Crippen LogP contribution in [-0.4, -0.2) is 15.0 Å². The molecule has 0 saturated heterocycles. The number of terminal acetylenes is 1. The van der Waals surface area contributed by atoms with Crippen molar-refractivity contribution < 1.29 is 0 Å². The summed E-state index contributed by atoms with van der Waals surface area (Å²) in [7, 11) is 0. The molecule has 0 spiro atoms. The van der Waals surface area contributed by atoms with Crippen LogP contribution in [0.5, 0.6) is 0 Å². The first kappa shape index (κ1) is 12.8. The Morgan fingerprint density at radius 3 is 2.81 bits per heavy atom. The molecule has 3 rings (SSSR count). The maximum atomic E-state index is 5.90. The van der Waals surface area contributed by atoms with Crippen LogP contribution in [0, 0.1) is 12.3 Å². The lowest BCUT2D eigenvalue weighted by molar-refractivity contribution is 1.20. The van der Waals surface area contributed by atoms with Crippen molar-refractivity contribution in [2.75, 3.05) is 5.73 Å². The number of hydrogen-bond donors (Lipinski definition) is 1. The summed E-state index contributed by atoms with van der Waals surface area (Å²) in [6.45, 7) is 3.82. The van der Waals surface area contributed by atoms with Gasteiger partial charge in [0.15, 0.2) is 5.82 Å². The molecule has 2 heterocycles. The summed E-state index contributed by atoms with van der Waals surface area (Å²) in [5, 5.41) is 0. The van der Waals surface area contributed by atoms with Gasteiger partial charge in [-0.1, -0.05) is 30.7 Å². The number of rotatable bonds is 2. The van der Waals surface area contributed by atoms with Crippen molar-refractivity contribution in [1.29, 1.82) is 0 Å². The fourth-order valence-corrected chi connectivity index (χ4v) is 2.15. The molecule has 0 aliphatic carbocycles. The normalized spacial score (nSPS) is 10.2. The van der Waals surface area contributed by atoms with E-state index in [2.05, 4.69) is 27.5 Å². The van der Waals surface area contributed by atoms with Gasteiger partial charge in [-0.3, -0.25) is 0 Å². The molecule has 0 amide bonds. The van der Waals surface area contributed by atoms with Crippen LogP contribution >= 0.6 is 0 Å². The van der Waals surface area contributed by atoms with Crippen molar-refractivity contribution >= 4 is 22.9 Å². The Labute approximate surface area is 122 Å². The Hall–Kier alpha value is -3.19. The predicted octanol–water partition coefficient (Wildman–Crippen LogP) is 2.90. The molecule has 0 bridgehead atoms. The first-order valence-electron chi connectivity index (χ1n) is 6.33. The van der Waals surface area contributed by atoms with Crippen molar-refractivity contribution in [3.63, 3.8) is 0 Å². The van der Waals surface area contributed by atoms with E-state index in [1.807, 2.05) is 30.3 Å². The van der Waals surface area contributed by atoms with Crippen LogP contribution in [0.3, 0.4) is 0 Å². The largest absolute Gasteiger partial charge is 0.382 e. The van der Waals surface area contributed by atoms with Crippen LogP contribution in [0.1, 0.15) is 11.1 Å². The lowest BCUT2D eigenvalue weighted by Crippen LogP contribution is -1.98.